The molecule has 5 aliphatic rings. The van der Waals surface area contributed by atoms with E-state index in [1.54, 1.807) is 0 Å². The molecule has 0 spiro atoms. The first-order chi connectivity index (χ1) is 29.6. The number of β-amino-alcohol motifs (C(OH)–C–C–N with tert-alkyl or cyclic N) is 2. The quantitative estimate of drug-likeness (QED) is 0.0676. The molecule has 5 saturated heterocycles. The molecule has 0 aliphatic carbocycles. The van der Waals surface area contributed by atoms with Crippen molar-refractivity contribution in [1.29, 1.82) is 0 Å². The van der Waals surface area contributed by atoms with Crippen LogP contribution in [0.5, 0.6) is 0 Å². The van der Waals surface area contributed by atoms with Crippen LogP contribution in [0, 0.1) is 0 Å². The maximum atomic E-state index is 13.9. The van der Waals surface area contributed by atoms with Crippen LogP contribution in [0.1, 0.15) is 57.8 Å². The van der Waals surface area contributed by atoms with Gasteiger partial charge in [0.25, 0.3) is 0 Å². The number of hydrogen-bond donors (Lipinski definition) is 8. The number of rotatable bonds is 17. The summed E-state index contributed by atoms with van der Waals surface area (Å²) in [4.78, 5) is 137. The number of likely N-dealkylation sites (tertiary alicyclic amines) is 5. The second kappa shape index (κ2) is 21.8. The van der Waals surface area contributed by atoms with Gasteiger partial charge in [0.15, 0.2) is 0 Å². The molecule has 9 amide bonds. The molecule has 0 bridgehead atoms. The second-order valence-electron chi connectivity index (χ2n) is 16.1. The van der Waals surface area contributed by atoms with Gasteiger partial charge in [-0.05, 0) is 57.0 Å². The molecular formula is C38H58N10O13S. The molecule has 0 aromatic rings. The number of aliphatic hydroxyl groups excluding tert-OH is 2. The van der Waals surface area contributed by atoms with E-state index in [-0.39, 0.29) is 65.0 Å². The summed E-state index contributed by atoms with van der Waals surface area (Å²) in [6.07, 6.45) is 2.28. The third-order valence-corrected chi connectivity index (χ3v) is 12.6. The van der Waals surface area contributed by atoms with Crippen LogP contribution < -0.4 is 27.0 Å². The van der Waals surface area contributed by atoms with Gasteiger partial charge >= 0.3 is 5.97 Å². The first kappa shape index (κ1) is 48.0. The fourth-order valence-corrected chi connectivity index (χ4v) is 9.41. The van der Waals surface area contributed by atoms with Crippen LogP contribution in [0.15, 0.2) is 0 Å². The van der Waals surface area contributed by atoms with Gasteiger partial charge in [0.1, 0.15) is 42.8 Å². The fraction of sp³-hybridized carbons (Fsp3) is 0.737. The number of amides is 9. The van der Waals surface area contributed by atoms with E-state index in [2.05, 4.69) is 21.3 Å². The Morgan fingerprint density at radius 1 is 0.629 bits per heavy atom. The first-order valence-corrected chi connectivity index (χ1v) is 22.3. The lowest BCUT2D eigenvalue weighted by molar-refractivity contribution is -0.147. The molecule has 0 aromatic carbocycles. The summed E-state index contributed by atoms with van der Waals surface area (Å²) in [5.41, 5.74) is 5.49. The minimum Gasteiger partial charge on any atom is -0.480 e. The number of hydrogen-bond acceptors (Lipinski definition) is 14. The molecule has 0 unspecified atom stereocenters. The molecule has 9 N–H and O–H groups in total. The van der Waals surface area contributed by atoms with E-state index in [9.17, 15) is 58.2 Å². The zero-order valence-corrected chi connectivity index (χ0v) is 35.5. The van der Waals surface area contributed by atoms with Gasteiger partial charge in [0.05, 0.1) is 31.8 Å². The highest BCUT2D eigenvalue weighted by atomic mass is 32.2. The molecule has 23 nitrogen and oxygen atoms in total. The second-order valence-corrected chi connectivity index (χ2v) is 17.1. The fourth-order valence-electron chi connectivity index (χ4n) is 8.94. The maximum absolute atomic E-state index is 13.9. The third-order valence-electron chi connectivity index (χ3n) is 12.0. The molecular weight excluding hydrogens is 837 g/mol. The Hall–Kier alpha value is -5.07. The standard InChI is InChI=1S/C38H58N10O13S/c1-62-12-8-23(43-29(51)16-40-33(56)25-6-3-10-45(25)37(60)27-13-21(49)19-47(27)30(52)15-39)36(59)44-9-2-5-24(44)34(57)41-17-31(53)48-20-22(50)14-28(48)38(61)46-11-4-7-26(46)35(58)42-18-32(54)55/h21-28,49-50H,2-20,39H2,1H3,(H,40,56)(H,41,57)(H,42,58)(H,43,51)(H,54,55)/t21-,22-,23+,24+,25+,26+,27+,28+/m1/s1. The Morgan fingerprint density at radius 2 is 1.08 bits per heavy atom. The molecule has 8 atom stereocenters. The van der Waals surface area contributed by atoms with Crippen LogP contribution in [0.2, 0.25) is 0 Å². The summed E-state index contributed by atoms with van der Waals surface area (Å²) in [5, 5.41) is 39.6. The molecule has 0 radical (unpaired) electrons. The van der Waals surface area contributed by atoms with E-state index in [0.29, 0.717) is 37.9 Å². The lowest BCUT2D eigenvalue weighted by Gasteiger charge is -2.31. The smallest absolute Gasteiger partial charge is 0.322 e. The van der Waals surface area contributed by atoms with Crippen molar-refractivity contribution in [3.05, 3.63) is 0 Å². The van der Waals surface area contributed by atoms with Crippen molar-refractivity contribution in [3.63, 3.8) is 0 Å². The van der Waals surface area contributed by atoms with Gasteiger partial charge in [-0.2, -0.15) is 11.8 Å². The highest BCUT2D eigenvalue weighted by Gasteiger charge is 2.46. The van der Waals surface area contributed by atoms with Crippen molar-refractivity contribution < 1.29 is 63.3 Å². The third kappa shape index (κ3) is 11.5. The predicted molar refractivity (Wildman–Crippen MR) is 217 cm³/mol. The number of carboxylic acids is 1. The Kier molecular flexibility index (Phi) is 16.9. The molecule has 344 valence electrons. The van der Waals surface area contributed by atoms with E-state index in [1.807, 2.05) is 6.26 Å². The minimum absolute atomic E-state index is 0.0105. The lowest BCUT2D eigenvalue weighted by atomic mass is 10.1. The van der Waals surface area contributed by atoms with Crippen molar-refractivity contribution in [2.45, 2.75) is 106 Å². The molecule has 0 aromatic heterocycles. The number of carbonyl (C=O) groups is 10. The number of nitrogens with zero attached hydrogens (tertiary/aromatic N) is 5. The van der Waals surface area contributed by atoms with Gasteiger partial charge in [-0.1, -0.05) is 0 Å². The van der Waals surface area contributed by atoms with E-state index in [4.69, 9.17) is 10.8 Å². The Balaban J connectivity index is 1.14. The van der Waals surface area contributed by atoms with Crippen LogP contribution in [0.4, 0.5) is 0 Å². The van der Waals surface area contributed by atoms with Crippen molar-refractivity contribution in [3.8, 4) is 0 Å². The van der Waals surface area contributed by atoms with Gasteiger partial charge in [-0.3, -0.25) is 47.9 Å². The number of carboxylic acid groups (broad SMARTS) is 1. The van der Waals surface area contributed by atoms with E-state index >= 15 is 0 Å². The molecule has 5 rings (SSSR count). The first-order valence-electron chi connectivity index (χ1n) is 21.0. The number of aliphatic carboxylic acids is 1. The van der Waals surface area contributed by atoms with Gasteiger partial charge < -0.3 is 66.8 Å². The average molecular weight is 895 g/mol. The average Bonchev–Trinajstić information content (AvgIpc) is 4.11. The van der Waals surface area contributed by atoms with E-state index in [1.165, 1.54) is 31.4 Å². The molecule has 5 heterocycles. The van der Waals surface area contributed by atoms with Crippen LogP contribution in [0.25, 0.3) is 0 Å². The number of aliphatic hydroxyl groups is 2. The maximum Gasteiger partial charge on any atom is 0.322 e. The highest BCUT2D eigenvalue weighted by molar-refractivity contribution is 7.98. The van der Waals surface area contributed by atoms with Crippen molar-refractivity contribution in [1.82, 2.24) is 45.8 Å². The lowest BCUT2D eigenvalue weighted by Crippen LogP contribution is -2.57. The number of carbonyl (C=O) groups excluding carboxylic acids is 9. The van der Waals surface area contributed by atoms with Crippen LogP contribution in [0.3, 0.4) is 0 Å². The minimum atomic E-state index is -1.25. The summed E-state index contributed by atoms with van der Waals surface area (Å²) in [6, 6.07) is -5.99. The zero-order valence-electron chi connectivity index (χ0n) is 34.7. The summed E-state index contributed by atoms with van der Waals surface area (Å²) < 4.78 is 0. The van der Waals surface area contributed by atoms with Gasteiger partial charge in [-0.25, -0.2) is 0 Å². The summed E-state index contributed by atoms with van der Waals surface area (Å²) in [6.45, 7) is -1.65. The molecule has 62 heavy (non-hydrogen) atoms. The Labute approximate surface area is 362 Å². The van der Waals surface area contributed by atoms with Crippen LogP contribution in [-0.2, 0) is 47.9 Å². The molecule has 5 aliphatic heterocycles. The largest absolute Gasteiger partial charge is 0.480 e. The van der Waals surface area contributed by atoms with Gasteiger partial charge in [0, 0.05) is 45.6 Å². The highest BCUT2D eigenvalue weighted by Crippen LogP contribution is 2.27. The van der Waals surface area contributed by atoms with Crippen LogP contribution in [-0.4, -0.2) is 218 Å². The normalized spacial score (nSPS) is 26.3. The number of thioether (sulfide) groups is 1. The molecule has 24 heteroatoms. The Morgan fingerprint density at radius 3 is 1.56 bits per heavy atom. The number of nitrogens with two attached hydrogens (primary N) is 1. The van der Waals surface area contributed by atoms with Crippen LogP contribution >= 0.6 is 11.8 Å². The van der Waals surface area contributed by atoms with E-state index < -0.39 is 127 Å². The van der Waals surface area contributed by atoms with Crippen molar-refractivity contribution in [2.24, 2.45) is 5.73 Å². The zero-order chi connectivity index (χ0) is 45.2. The van der Waals surface area contributed by atoms with E-state index in [0.717, 1.165) is 4.90 Å². The van der Waals surface area contributed by atoms with Crippen molar-refractivity contribution >= 4 is 70.9 Å². The number of nitrogens with one attached hydrogen (secondary N) is 4. The van der Waals surface area contributed by atoms with Gasteiger partial charge in [0.2, 0.25) is 53.2 Å². The topological polar surface area (TPSA) is 322 Å². The van der Waals surface area contributed by atoms with Crippen molar-refractivity contribution in [2.75, 3.05) is 70.9 Å². The summed E-state index contributed by atoms with van der Waals surface area (Å²) in [7, 11) is 0. The summed E-state index contributed by atoms with van der Waals surface area (Å²) in [5.74, 6) is -6.12. The van der Waals surface area contributed by atoms with Gasteiger partial charge in [-0.15, -0.1) is 0 Å². The summed E-state index contributed by atoms with van der Waals surface area (Å²) >= 11 is 1.43. The Bertz CT molecular complexity index is 1760. The predicted octanol–water partition coefficient (Wildman–Crippen LogP) is -5.49. The SMILES string of the molecule is CSCC[C@H](NC(=O)CNC(=O)[C@@H]1CCCN1C(=O)[C@@H]1C[C@@H](O)CN1C(=O)CN)C(=O)N1CCC[C@H]1C(=O)NCC(=O)N1C[C@H](O)C[C@H]1C(=O)N1CCC[C@H]1C(=O)NCC(=O)O. The molecule has 5 fully saturated rings. The molecule has 0 saturated carbocycles. The monoisotopic (exact) mass is 894 g/mol.